The summed E-state index contributed by atoms with van der Waals surface area (Å²) in [6.45, 7) is 3.70. The number of hydrogen-bond acceptors (Lipinski definition) is 2. The minimum Gasteiger partial charge on any atom is -0.374 e. The number of nitrogens with one attached hydrogen (secondary N) is 2. The van der Waals surface area contributed by atoms with Crippen molar-refractivity contribution in [3.63, 3.8) is 0 Å². The number of hydrogen-bond donors (Lipinski definition) is 2. The number of para-hydroxylation sites is 1. The number of carbonyl (C=O) groups is 1. The normalized spacial score (nSPS) is 11.8. The number of amides is 1. The second kappa shape index (κ2) is 6.72. The van der Waals surface area contributed by atoms with E-state index >= 15 is 0 Å². The quantitative estimate of drug-likeness (QED) is 0.861. The Morgan fingerprint density at radius 1 is 1.24 bits per heavy atom. The van der Waals surface area contributed by atoms with Crippen LogP contribution in [0.4, 0.5) is 15.8 Å². The number of carbonyl (C=O) groups excluding carboxylic acids is 1. The maximum atomic E-state index is 13.5. The van der Waals surface area contributed by atoms with E-state index in [-0.39, 0.29) is 11.6 Å². The van der Waals surface area contributed by atoms with Gasteiger partial charge in [0.25, 0.3) is 0 Å². The molecule has 5 heteroatoms. The van der Waals surface area contributed by atoms with Gasteiger partial charge in [-0.05, 0) is 49.7 Å². The molecule has 0 aliphatic rings. The van der Waals surface area contributed by atoms with E-state index in [9.17, 15) is 9.18 Å². The van der Waals surface area contributed by atoms with Crippen LogP contribution in [0.1, 0.15) is 12.5 Å². The van der Waals surface area contributed by atoms with E-state index in [1.54, 1.807) is 19.1 Å². The van der Waals surface area contributed by atoms with Crippen molar-refractivity contribution in [1.29, 1.82) is 0 Å². The number of rotatable bonds is 4. The topological polar surface area (TPSA) is 41.1 Å². The molecule has 0 radical (unpaired) electrons. The third-order valence-electron chi connectivity index (χ3n) is 3.07. The third-order valence-corrected chi connectivity index (χ3v) is 3.96. The number of aryl methyl sites for hydroxylation is 1. The molecule has 3 nitrogen and oxygen atoms in total. The summed E-state index contributed by atoms with van der Waals surface area (Å²) in [7, 11) is 0. The Bertz CT molecular complexity index is 660. The summed E-state index contributed by atoms with van der Waals surface area (Å²) in [5.41, 5.74) is 2.09. The molecule has 0 aliphatic heterocycles. The van der Waals surface area contributed by atoms with Gasteiger partial charge in [-0.25, -0.2) is 4.39 Å². The molecule has 0 fully saturated rings. The first-order valence-corrected chi connectivity index (χ1v) is 7.35. The lowest BCUT2D eigenvalue weighted by Crippen LogP contribution is -2.32. The Balaban J connectivity index is 2.02. The first kappa shape index (κ1) is 15.5. The van der Waals surface area contributed by atoms with Gasteiger partial charge in [0.1, 0.15) is 11.9 Å². The van der Waals surface area contributed by atoms with E-state index in [4.69, 9.17) is 0 Å². The van der Waals surface area contributed by atoms with Crippen LogP contribution in [0.2, 0.25) is 0 Å². The van der Waals surface area contributed by atoms with Crippen LogP contribution >= 0.6 is 15.9 Å². The van der Waals surface area contributed by atoms with E-state index in [1.807, 2.05) is 25.1 Å². The van der Waals surface area contributed by atoms with Gasteiger partial charge in [0.2, 0.25) is 5.91 Å². The minimum absolute atomic E-state index is 0.183. The lowest BCUT2D eigenvalue weighted by atomic mass is 10.2. The van der Waals surface area contributed by atoms with Gasteiger partial charge in [-0.15, -0.1) is 0 Å². The van der Waals surface area contributed by atoms with Crippen molar-refractivity contribution in [2.24, 2.45) is 0 Å². The highest BCUT2D eigenvalue weighted by molar-refractivity contribution is 9.10. The maximum Gasteiger partial charge on any atom is 0.246 e. The van der Waals surface area contributed by atoms with Gasteiger partial charge in [-0.1, -0.05) is 28.1 Å². The Morgan fingerprint density at radius 3 is 2.62 bits per heavy atom. The van der Waals surface area contributed by atoms with Crippen molar-refractivity contribution in [2.45, 2.75) is 19.9 Å². The van der Waals surface area contributed by atoms with E-state index in [1.165, 1.54) is 12.1 Å². The summed E-state index contributed by atoms with van der Waals surface area (Å²) < 4.78 is 14.5. The fourth-order valence-electron chi connectivity index (χ4n) is 1.85. The molecular weight excluding hydrogens is 335 g/mol. The summed E-state index contributed by atoms with van der Waals surface area (Å²) in [6, 6.07) is 11.4. The van der Waals surface area contributed by atoms with Crippen molar-refractivity contribution < 1.29 is 9.18 Å². The summed E-state index contributed by atoms with van der Waals surface area (Å²) in [6.07, 6.45) is 0. The van der Waals surface area contributed by atoms with Crippen LogP contribution in [0.3, 0.4) is 0 Å². The zero-order valence-corrected chi connectivity index (χ0v) is 13.4. The number of benzene rings is 2. The van der Waals surface area contributed by atoms with Crippen LogP contribution in [-0.2, 0) is 4.79 Å². The monoisotopic (exact) mass is 350 g/mol. The molecule has 2 rings (SSSR count). The summed E-state index contributed by atoms with van der Waals surface area (Å²) >= 11 is 3.43. The van der Waals surface area contributed by atoms with E-state index < -0.39 is 11.9 Å². The van der Waals surface area contributed by atoms with E-state index in [2.05, 4.69) is 26.6 Å². The first-order valence-electron chi connectivity index (χ1n) is 6.55. The van der Waals surface area contributed by atoms with Crippen LogP contribution in [-0.4, -0.2) is 11.9 Å². The van der Waals surface area contributed by atoms with Gasteiger partial charge in [0, 0.05) is 10.2 Å². The molecule has 0 spiro atoms. The second-order valence-electron chi connectivity index (χ2n) is 4.80. The van der Waals surface area contributed by atoms with Gasteiger partial charge in [-0.2, -0.15) is 0 Å². The maximum absolute atomic E-state index is 13.5. The van der Waals surface area contributed by atoms with E-state index in [0.29, 0.717) is 0 Å². The molecule has 2 aromatic carbocycles. The molecule has 0 bridgehead atoms. The smallest absolute Gasteiger partial charge is 0.246 e. The zero-order chi connectivity index (χ0) is 15.4. The van der Waals surface area contributed by atoms with Gasteiger partial charge in [0.05, 0.1) is 5.69 Å². The summed E-state index contributed by atoms with van der Waals surface area (Å²) in [5, 5.41) is 5.66. The highest BCUT2D eigenvalue weighted by Gasteiger charge is 2.14. The van der Waals surface area contributed by atoms with Crippen molar-refractivity contribution in [3.8, 4) is 0 Å². The molecule has 0 aliphatic carbocycles. The average molecular weight is 351 g/mol. The molecular formula is C16H16BrFN2O. The predicted molar refractivity (Wildman–Crippen MR) is 87.0 cm³/mol. The van der Waals surface area contributed by atoms with Gasteiger partial charge >= 0.3 is 0 Å². The Kier molecular flexibility index (Phi) is 4.96. The van der Waals surface area contributed by atoms with Crippen molar-refractivity contribution in [1.82, 2.24) is 0 Å². The van der Waals surface area contributed by atoms with Crippen molar-refractivity contribution in [2.75, 3.05) is 10.6 Å². The number of anilines is 2. The average Bonchev–Trinajstić information content (AvgIpc) is 2.45. The predicted octanol–water partition coefficient (Wildman–Crippen LogP) is 4.34. The number of halogens is 2. The Hall–Kier alpha value is -1.88. The molecule has 0 unspecified atom stereocenters. The molecule has 0 saturated carbocycles. The van der Waals surface area contributed by atoms with Crippen LogP contribution < -0.4 is 10.6 Å². The SMILES string of the molecule is Cc1cc(N[C@@H](C)C(=O)Nc2ccccc2F)ccc1Br. The Labute approximate surface area is 131 Å². The van der Waals surface area contributed by atoms with Gasteiger partial charge in [-0.3, -0.25) is 4.79 Å². The van der Waals surface area contributed by atoms with Crippen LogP contribution in [0.25, 0.3) is 0 Å². The van der Waals surface area contributed by atoms with Crippen LogP contribution in [0.15, 0.2) is 46.9 Å². The molecule has 1 amide bonds. The zero-order valence-electron chi connectivity index (χ0n) is 11.8. The van der Waals surface area contributed by atoms with Crippen molar-refractivity contribution >= 4 is 33.2 Å². The molecule has 0 saturated heterocycles. The third kappa shape index (κ3) is 4.04. The van der Waals surface area contributed by atoms with Crippen LogP contribution in [0.5, 0.6) is 0 Å². The van der Waals surface area contributed by atoms with Crippen LogP contribution in [0, 0.1) is 12.7 Å². The standard InChI is InChI=1S/C16H16BrFN2O/c1-10-9-12(7-8-13(10)17)19-11(2)16(21)20-15-6-4-3-5-14(15)18/h3-9,11,19H,1-2H3,(H,20,21)/t11-/m0/s1. The summed E-state index contributed by atoms with van der Waals surface area (Å²) in [4.78, 5) is 12.1. The largest absolute Gasteiger partial charge is 0.374 e. The molecule has 0 aromatic heterocycles. The molecule has 2 aromatic rings. The summed E-state index contributed by atoms with van der Waals surface area (Å²) in [5.74, 6) is -0.738. The minimum atomic E-state index is -0.481. The highest BCUT2D eigenvalue weighted by atomic mass is 79.9. The highest BCUT2D eigenvalue weighted by Crippen LogP contribution is 2.21. The molecule has 21 heavy (non-hydrogen) atoms. The fraction of sp³-hybridized carbons (Fsp3) is 0.188. The molecule has 0 heterocycles. The second-order valence-corrected chi connectivity index (χ2v) is 5.65. The first-order chi connectivity index (χ1) is 9.97. The Morgan fingerprint density at radius 2 is 1.95 bits per heavy atom. The fourth-order valence-corrected chi connectivity index (χ4v) is 2.10. The molecule has 110 valence electrons. The van der Waals surface area contributed by atoms with Gasteiger partial charge < -0.3 is 10.6 Å². The molecule has 2 N–H and O–H groups in total. The molecule has 1 atom stereocenters. The lowest BCUT2D eigenvalue weighted by Gasteiger charge is -2.16. The van der Waals surface area contributed by atoms with E-state index in [0.717, 1.165) is 15.7 Å². The lowest BCUT2D eigenvalue weighted by molar-refractivity contribution is -0.116. The van der Waals surface area contributed by atoms with Gasteiger partial charge in [0.15, 0.2) is 0 Å². The van der Waals surface area contributed by atoms with Crippen molar-refractivity contribution in [3.05, 3.63) is 58.3 Å².